The predicted octanol–water partition coefficient (Wildman–Crippen LogP) is 2.83. The smallest absolute Gasteiger partial charge is 0.280 e. The first-order valence-electron chi connectivity index (χ1n) is 11.4. The van der Waals surface area contributed by atoms with Crippen molar-refractivity contribution in [2.24, 2.45) is 4.99 Å². The van der Waals surface area contributed by atoms with Crippen molar-refractivity contribution in [3.63, 3.8) is 0 Å². The molecule has 0 unspecified atom stereocenters. The zero-order valence-electron chi connectivity index (χ0n) is 18.2. The fourth-order valence-electron chi connectivity index (χ4n) is 4.23. The molecule has 8 nitrogen and oxygen atoms in total. The van der Waals surface area contributed by atoms with E-state index in [9.17, 15) is 9.59 Å². The lowest BCUT2D eigenvalue weighted by atomic mass is 10.0. The summed E-state index contributed by atoms with van der Waals surface area (Å²) in [5.41, 5.74) is 2.67. The molecule has 1 aliphatic carbocycles. The van der Waals surface area contributed by atoms with Gasteiger partial charge >= 0.3 is 0 Å². The van der Waals surface area contributed by atoms with E-state index in [-0.39, 0.29) is 23.4 Å². The van der Waals surface area contributed by atoms with Crippen molar-refractivity contribution in [1.82, 2.24) is 16.0 Å². The van der Waals surface area contributed by atoms with E-state index in [1.165, 1.54) is 6.07 Å². The molecule has 2 aromatic rings. The first-order chi connectivity index (χ1) is 16.1. The maximum atomic E-state index is 15.2. The minimum absolute atomic E-state index is 0.0646. The van der Waals surface area contributed by atoms with Crippen LogP contribution in [-0.4, -0.2) is 43.5 Å². The molecule has 2 aliphatic heterocycles. The third-order valence-corrected chi connectivity index (χ3v) is 6.08. The Morgan fingerprint density at radius 3 is 2.52 bits per heavy atom. The first-order valence-corrected chi connectivity index (χ1v) is 11.4. The number of carbonyl (C=O) groups is 2. The highest BCUT2D eigenvalue weighted by molar-refractivity contribution is 6.03. The normalized spacial score (nSPS) is 19.5. The first kappa shape index (κ1) is 21.4. The summed E-state index contributed by atoms with van der Waals surface area (Å²) in [5.74, 6) is -0.418. The van der Waals surface area contributed by atoms with Crippen molar-refractivity contribution in [2.75, 3.05) is 30.3 Å². The largest absolute Gasteiger partial charge is 0.354 e. The molecule has 0 bridgehead atoms. The Labute approximate surface area is 191 Å². The van der Waals surface area contributed by atoms with Gasteiger partial charge in [-0.25, -0.2) is 4.39 Å². The number of anilines is 3. The van der Waals surface area contributed by atoms with Crippen LogP contribution in [0.2, 0.25) is 0 Å². The Morgan fingerprint density at radius 1 is 1.00 bits per heavy atom. The Hall–Kier alpha value is -3.46. The minimum atomic E-state index is -0.500. The molecule has 172 valence electrons. The van der Waals surface area contributed by atoms with E-state index >= 15 is 4.39 Å². The van der Waals surface area contributed by atoms with E-state index in [0.717, 1.165) is 37.8 Å². The van der Waals surface area contributed by atoms with Gasteiger partial charge in [0.25, 0.3) is 5.91 Å². The number of rotatable bonds is 6. The van der Waals surface area contributed by atoms with Crippen molar-refractivity contribution in [3.05, 3.63) is 53.3 Å². The molecule has 33 heavy (non-hydrogen) atoms. The highest BCUT2D eigenvalue weighted by Gasteiger charge is 2.29. The lowest BCUT2D eigenvalue weighted by Gasteiger charge is -2.16. The van der Waals surface area contributed by atoms with Gasteiger partial charge in [-0.1, -0.05) is 6.07 Å². The molecule has 0 spiro atoms. The van der Waals surface area contributed by atoms with Crippen LogP contribution in [0.15, 0.2) is 41.4 Å². The summed E-state index contributed by atoms with van der Waals surface area (Å²) in [6.45, 7) is 2.25. The lowest BCUT2D eigenvalue weighted by molar-refractivity contribution is -0.117. The fourth-order valence-corrected chi connectivity index (χ4v) is 4.23. The summed E-state index contributed by atoms with van der Waals surface area (Å²) in [6.07, 6.45) is 3.71. The van der Waals surface area contributed by atoms with Gasteiger partial charge in [0.15, 0.2) is 5.96 Å². The highest BCUT2D eigenvalue weighted by atomic mass is 19.1. The average Bonchev–Trinajstić information content (AvgIpc) is 3.26. The number of guanidine groups is 1. The Bertz CT molecular complexity index is 1100. The van der Waals surface area contributed by atoms with Crippen LogP contribution in [0.5, 0.6) is 0 Å². The number of benzene rings is 2. The van der Waals surface area contributed by atoms with E-state index in [0.29, 0.717) is 36.1 Å². The van der Waals surface area contributed by atoms with Gasteiger partial charge in [-0.15, -0.1) is 0 Å². The number of amides is 2. The third kappa shape index (κ3) is 4.98. The van der Waals surface area contributed by atoms with Crippen LogP contribution >= 0.6 is 0 Å². The number of carbonyl (C=O) groups excluding carboxylic acids is 2. The summed E-state index contributed by atoms with van der Waals surface area (Å²) in [5, 5.41) is 15.2. The van der Waals surface area contributed by atoms with Crippen LogP contribution in [0.25, 0.3) is 0 Å². The Morgan fingerprint density at radius 2 is 1.79 bits per heavy atom. The van der Waals surface area contributed by atoms with Crippen LogP contribution in [0, 0.1) is 5.82 Å². The van der Waals surface area contributed by atoms with Gasteiger partial charge in [0.05, 0.1) is 11.7 Å². The molecule has 2 heterocycles. The summed E-state index contributed by atoms with van der Waals surface area (Å²) in [7, 11) is 0. The number of nitrogens with one attached hydrogen (secondary N) is 5. The molecule has 2 amide bonds. The van der Waals surface area contributed by atoms with Crippen molar-refractivity contribution in [3.8, 4) is 0 Å². The van der Waals surface area contributed by atoms with Crippen LogP contribution in [0.3, 0.4) is 0 Å². The number of aliphatic imine (C=N–C) groups is 1. The van der Waals surface area contributed by atoms with Crippen LogP contribution < -0.4 is 26.6 Å². The SMILES string of the molecule is O=C(N=C1NCCN1)c1cc(F)c(Nc2cccc(NC(=O)[C@H]3CCCN3)c2)c(C2CC2)c1. The maximum Gasteiger partial charge on any atom is 0.280 e. The van der Waals surface area contributed by atoms with Gasteiger partial charge in [0.2, 0.25) is 5.91 Å². The second kappa shape index (κ2) is 9.19. The molecule has 2 aromatic carbocycles. The quantitative estimate of drug-likeness (QED) is 0.463. The van der Waals surface area contributed by atoms with Crippen LogP contribution in [0.1, 0.15) is 47.5 Å². The second-order valence-electron chi connectivity index (χ2n) is 8.66. The molecule has 3 fully saturated rings. The summed E-state index contributed by atoms with van der Waals surface area (Å²) >= 11 is 0. The van der Waals surface area contributed by atoms with E-state index in [1.54, 1.807) is 12.1 Å². The third-order valence-electron chi connectivity index (χ3n) is 6.08. The Kier molecular flexibility index (Phi) is 5.95. The summed E-state index contributed by atoms with van der Waals surface area (Å²) < 4.78 is 15.2. The number of nitrogens with zero attached hydrogens (tertiary/aromatic N) is 1. The molecule has 5 rings (SSSR count). The number of hydrogen-bond acceptors (Lipinski definition) is 4. The van der Waals surface area contributed by atoms with Gasteiger partial charge in [0, 0.05) is 30.0 Å². The van der Waals surface area contributed by atoms with E-state index in [1.807, 2.05) is 18.2 Å². The summed E-state index contributed by atoms with van der Waals surface area (Å²) in [4.78, 5) is 29.0. The van der Waals surface area contributed by atoms with Crippen molar-refractivity contribution >= 4 is 34.8 Å². The number of hydrogen-bond donors (Lipinski definition) is 5. The number of halogens is 1. The van der Waals surface area contributed by atoms with Gasteiger partial charge < -0.3 is 26.6 Å². The monoisotopic (exact) mass is 450 g/mol. The molecular weight excluding hydrogens is 423 g/mol. The zero-order valence-corrected chi connectivity index (χ0v) is 18.2. The minimum Gasteiger partial charge on any atom is -0.354 e. The van der Waals surface area contributed by atoms with Gasteiger partial charge in [-0.2, -0.15) is 4.99 Å². The highest BCUT2D eigenvalue weighted by Crippen LogP contribution is 2.45. The zero-order chi connectivity index (χ0) is 22.8. The molecular formula is C24H27FN6O2. The van der Waals surface area contributed by atoms with Crippen LogP contribution in [0.4, 0.5) is 21.5 Å². The molecule has 0 aromatic heterocycles. The Balaban J connectivity index is 1.36. The van der Waals surface area contributed by atoms with Gasteiger partial charge in [-0.3, -0.25) is 9.59 Å². The van der Waals surface area contributed by atoms with Crippen molar-refractivity contribution in [2.45, 2.75) is 37.6 Å². The maximum absolute atomic E-state index is 15.2. The summed E-state index contributed by atoms with van der Waals surface area (Å²) in [6, 6.07) is 10.0. The van der Waals surface area contributed by atoms with Crippen molar-refractivity contribution < 1.29 is 14.0 Å². The van der Waals surface area contributed by atoms with Crippen LogP contribution in [-0.2, 0) is 4.79 Å². The van der Waals surface area contributed by atoms with E-state index in [2.05, 4.69) is 31.6 Å². The van der Waals surface area contributed by atoms with Gasteiger partial charge in [0.1, 0.15) is 5.82 Å². The molecule has 5 N–H and O–H groups in total. The van der Waals surface area contributed by atoms with Crippen molar-refractivity contribution in [1.29, 1.82) is 0 Å². The van der Waals surface area contributed by atoms with E-state index < -0.39 is 11.7 Å². The van der Waals surface area contributed by atoms with E-state index in [4.69, 9.17) is 0 Å². The van der Waals surface area contributed by atoms with Gasteiger partial charge in [-0.05, 0) is 74.0 Å². The lowest BCUT2D eigenvalue weighted by Crippen LogP contribution is -2.35. The molecule has 1 atom stereocenters. The molecule has 2 saturated heterocycles. The predicted molar refractivity (Wildman–Crippen MR) is 126 cm³/mol. The molecule has 0 radical (unpaired) electrons. The molecule has 1 saturated carbocycles. The standard InChI is InChI=1S/C24H27FN6O2/c25-19-12-15(22(32)31-24-27-9-10-28-24)11-18(14-6-7-14)21(19)29-16-3-1-4-17(13-16)30-23(33)20-5-2-8-26-20/h1,3-4,11-14,20,26,29H,2,5-10H2,(H,30,33)(H2,27,28,31,32)/t20-/m1/s1. The second-order valence-corrected chi connectivity index (χ2v) is 8.66. The molecule has 9 heteroatoms. The average molecular weight is 451 g/mol. The topological polar surface area (TPSA) is 107 Å². The molecule has 3 aliphatic rings. The fraction of sp³-hybridized carbons (Fsp3) is 0.375.